The molecule has 1 aromatic carbocycles. The minimum Gasteiger partial charge on any atom is -0.464 e. The third kappa shape index (κ3) is 2.21. The fourth-order valence-corrected chi connectivity index (χ4v) is 2.85. The molecule has 0 saturated heterocycles. The van der Waals surface area contributed by atoms with Crippen molar-refractivity contribution in [2.75, 3.05) is 7.11 Å². The first-order chi connectivity index (χ1) is 10.1. The molecule has 1 aliphatic rings. The Morgan fingerprint density at radius 1 is 1.24 bits per heavy atom. The Bertz CT molecular complexity index is 718. The lowest BCUT2D eigenvalue weighted by Gasteiger charge is -2.11. The van der Waals surface area contributed by atoms with Crippen molar-refractivity contribution in [1.29, 1.82) is 0 Å². The Labute approximate surface area is 124 Å². The summed E-state index contributed by atoms with van der Waals surface area (Å²) in [5.41, 5.74) is 0.966. The van der Waals surface area contributed by atoms with Crippen LogP contribution in [0.2, 0.25) is 0 Å². The molecule has 7 heteroatoms. The van der Waals surface area contributed by atoms with Gasteiger partial charge in [-0.15, -0.1) is 11.3 Å². The van der Waals surface area contributed by atoms with Gasteiger partial charge in [0.05, 0.1) is 24.8 Å². The van der Waals surface area contributed by atoms with Crippen LogP contribution in [0.1, 0.15) is 36.2 Å². The summed E-state index contributed by atoms with van der Waals surface area (Å²) >= 11 is 1.20. The predicted molar refractivity (Wildman–Crippen MR) is 74.1 cm³/mol. The molecule has 0 saturated carbocycles. The minimum atomic E-state index is -0.542. The molecule has 0 fully saturated rings. The van der Waals surface area contributed by atoms with Crippen LogP contribution in [0.25, 0.3) is 0 Å². The van der Waals surface area contributed by atoms with Gasteiger partial charge >= 0.3 is 5.97 Å². The van der Waals surface area contributed by atoms with Gasteiger partial charge in [0.25, 0.3) is 11.8 Å². The van der Waals surface area contributed by atoms with Crippen LogP contribution in [0.15, 0.2) is 29.6 Å². The summed E-state index contributed by atoms with van der Waals surface area (Å²) in [6.45, 7) is 0.0496. The van der Waals surface area contributed by atoms with Crippen molar-refractivity contribution in [2.45, 2.75) is 6.54 Å². The van der Waals surface area contributed by atoms with Crippen molar-refractivity contribution in [3.63, 3.8) is 0 Å². The van der Waals surface area contributed by atoms with Crippen molar-refractivity contribution < 1.29 is 19.1 Å². The van der Waals surface area contributed by atoms with Crippen molar-refractivity contribution in [2.24, 2.45) is 0 Å². The number of amides is 2. The first-order valence-corrected chi connectivity index (χ1v) is 6.97. The lowest BCUT2D eigenvalue weighted by molar-refractivity contribution is 0.0594. The molecule has 2 amide bonds. The van der Waals surface area contributed by atoms with Crippen molar-refractivity contribution >= 4 is 29.1 Å². The topological polar surface area (TPSA) is 76.6 Å². The number of rotatable bonds is 3. The summed E-state index contributed by atoms with van der Waals surface area (Å²) < 4.78 is 4.57. The number of imide groups is 1. The molecule has 2 aromatic rings. The zero-order chi connectivity index (χ0) is 15.0. The van der Waals surface area contributed by atoms with E-state index in [1.807, 2.05) is 0 Å². The van der Waals surface area contributed by atoms with Crippen LogP contribution in [0, 0.1) is 0 Å². The van der Waals surface area contributed by atoms with Gasteiger partial charge in [-0.05, 0) is 12.1 Å². The number of hydrogen-bond donors (Lipinski definition) is 0. The van der Waals surface area contributed by atoms with Gasteiger partial charge in [0.1, 0.15) is 5.01 Å². The lowest BCUT2D eigenvalue weighted by Crippen LogP contribution is -2.29. The largest absolute Gasteiger partial charge is 0.464 e. The van der Waals surface area contributed by atoms with Crippen LogP contribution >= 0.6 is 11.3 Å². The number of carbonyl (C=O) groups is 3. The Morgan fingerprint density at radius 2 is 1.86 bits per heavy atom. The van der Waals surface area contributed by atoms with Crippen LogP contribution < -0.4 is 0 Å². The highest BCUT2D eigenvalue weighted by molar-refractivity contribution is 7.09. The SMILES string of the molecule is COC(=O)c1csc(CN2C(=O)c3ccccc3C2=O)n1. The first kappa shape index (κ1) is 13.4. The van der Waals surface area contributed by atoms with E-state index in [9.17, 15) is 14.4 Å². The predicted octanol–water partition coefficient (Wildman–Crippen LogP) is 1.73. The highest BCUT2D eigenvalue weighted by Crippen LogP contribution is 2.25. The maximum absolute atomic E-state index is 12.2. The normalized spacial score (nSPS) is 13.5. The number of hydrogen-bond acceptors (Lipinski definition) is 6. The van der Waals surface area contributed by atoms with Crippen LogP contribution in [0.3, 0.4) is 0 Å². The number of fused-ring (bicyclic) bond motifs is 1. The van der Waals surface area contributed by atoms with E-state index in [-0.39, 0.29) is 24.1 Å². The molecular formula is C14H10N2O4S. The van der Waals surface area contributed by atoms with Gasteiger partial charge in [-0.3, -0.25) is 14.5 Å². The summed E-state index contributed by atoms with van der Waals surface area (Å²) in [4.78, 5) is 40.9. The molecule has 0 N–H and O–H groups in total. The molecule has 0 spiro atoms. The highest BCUT2D eigenvalue weighted by Gasteiger charge is 2.35. The molecule has 0 radical (unpaired) electrons. The molecule has 1 aromatic heterocycles. The molecular weight excluding hydrogens is 292 g/mol. The van der Waals surface area contributed by atoms with Crippen LogP contribution in [-0.4, -0.2) is 34.8 Å². The van der Waals surface area contributed by atoms with Gasteiger partial charge in [-0.2, -0.15) is 0 Å². The number of esters is 1. The zero-order valence-corrected chi connectivity index (χ0v) is 11.8. The summed E-state index contributed by atoms with van der Waals surface area (Å²) in [7, 11) is 1.27. The fraction of sp³-hybridized carbons (Fsp3) is 0.143. The second-order valence-electron chi connectivity index (χ2n) is 4.36. The number of thiazole rings is 1. The molecule has 0 bridgehead atoms. The number of nitrogens with zero attached hydrogens (tertiary/aromatic N) is 2. The molecule has 0 aliphatic carbocycles. The highest BCUT2D eigenvalue weighted by atomic mass is 32.1. The van der Waals surface area contributed by atoms with Gasteiger partial charge in [0.2, 0.25) is 0 Å². The molecule has 1 aliphatic heterocycles. The number of ether oxygens (including phenoxy) is 1. The van der Waals surface area contributed by atoms with Crippen LogP contribution in [0.5, 0.6) is 0 Å². The van der Waals surface area contributed by atoms with E-state index in [1.165, 1.54) is 18.4 Å². The van der Waals surface area contributed by atoms with E-state index < -0.39 is 5.97 Å². The molecule has 106 valence electrons. The van der Waals surface area contributed by atoms with Crippen molar-refractivity contribution in [1.82, 2.24) is 9.88 Å². The number of benzene rings is 1. The third-order valence-corrected chi connectivity index (χ3v) is 3.95. The van der Waals surface area contributed by atoms with Gasteiger partial charge in [-0.1, -0.05) is 12.1 Å². The Kier molecular flexibility index (Phi) is 3.26. The first-order valence-electron chi connectivity index (χ1n) is 6.09. The third-order valence-electron chi connectivity index (χ3n) is 3.12. The number of aromatic nitrogens is 1. The van der Waals surface area contributed by atoms with Gasteiger partial charge in [0.15, 0.2) is 5.69 Å². The fourth-order valence-electron chi connectivity index (χ4n) is 2.10. The standard InChI is InChI=1S/C14H10N2O4S/c1-20-14(19)10-7-21-11(15-10)6-16-12(17)8-4-2-3-5-9(8)13(16)18/h2-5,7H,6H2,1H3. The Hall–Kier alpha value is -2.54. The van der Waals surface area contributed by atoms with Crippen molar-refractivity contribution in [3.05, 3.63) is 51.5 Å². The molecule has 21 heavy (non-hydrogen) atoms. The minimum absolute atomic E-state index is 0.0496. The molecule has 6 nitrogen and oxygen atoms in total. The Balaban J connectivity index is 1.84. The van der Waals surface area contributed by atoms with Gasteiger partial charge in [-0.25, -0.2) is 9.78 Å². The average molecular weight is 302 g/mol. The maximum atomic E-state index is 12.2. The molecule has 3 rings (SSSR count). The summed E-state index contributed by atoms with van der Waals surface area (Å²) in [6, 6.07) is 6.67. The van der Waals surface area contributed by atoms with Crippen LogP contribution in [-0.2, 0) is 11.3 Å². The van der Waals surface area contributed by atoms with E-state index in [2.05, 4.69) is 9.72 Å². The quantitative estimate of drug-likeness (QED) is 0.637. The maximum Gasteiger partial charge on any atom is 0.357 e. The molecule has 0 atom stereocenters. The van der Waals surface area contributed by atoms with Crippen molar-refractivity contribution in [3.8, 4) is 0 Å². The average Bonchev–Trinajstić information content (AvgIpc) is 3.07. The smallest absolute Gasteiger partial charge is 0.357 e. The number of carbonyl (C=O) groups excluding carboxylic acids is 3. The molecule has 2 heterocycles. The summed E-state index contributed by atoms with van der Waals surface area (Å²) in [5.74, 6) is -1.23. The van der Waals surface area contributed by atoms with Crippen LogP contribution in [0.4, 0.5) is 0 Å². The second-order valence-corrected chi connectivity index (χ2v) is 5.30. The van der Waals surface area contributed by atoms with Gasteiger partial charge < -0.3 is 4.74 Å². The van der Waals surface area contributed by atoms with E-state index in [1.54, 1.807) is 29.6 Å². The molecule has 0 unspecified atom stereocenters. The van der Waals surface area contributed by atoms with E-state index in [4.69, 9.17) is 0 Å². The Morgan fingerprint density at radius 3 is 2.43 bits per heavy atom. The second kappa shape index (κ2) is 5.10. The van der Waals surface area contributed by atoms with E-state index in [0.29, 0.717) is 16.1 Å². The zero-order valence-electron chi connectivity index (χ0n) is 11.0. The number of methoxy groups -OCH3 is 1. The summed E-state index contributed by atoms with van der Waals surface area (Å²) in [6.07, 6.45) is 0. The van der Waals surface area contributed by atoms with Gasteiger partial charge in [0, 0.05) is 5.38 Å². The lowest BCUT2D eigenvalue weighted by atomic mass is 10.1. The van der Waals surface area contributed by atoms with E-state index >= 15 is 0 Å². The summed E-state index contributed by atoms with van der Waals surface area (Å²) in [5, 5.41) is 2.05. The monoisotopic (exact) mass is 302 g/mol. The van der Waals surface area contributed by atoms with E-state index in [0.717, 1.165) is 4.90 Å².